The Bertz CT molecular complexity index is 375. The Morgan fingerprint density at radius 2 is 2.12 bits per heavy atom. The first-order valence-corrected chi connectivity index (χ1v) is 6.11. The van der Waals surface area contributed by atoms with Crippen molar-refractivity contribution < 1.29 is 0 Å². The Balaban J connectivity index is 1.87. The van der Waals surface area contributed by atoms with Crippen molar-refractivity contribution in [2.45, 2.75) is 19.3 Å². The zero-order valence-corrected chi connectivity index (χ0v) is 9.69. The van der Waals surface area contributed by atoms with E-state index in [1.54, 1.807) is 0 Å². The van der Waals surface area contributed by atoms with Gasteiger partial charge in [-0.3, -0.25) is 4.98 Å². The smallest absolute Gasteiger partial charge is 0.150 e. The van der Waals surface area contributed by atoms with Crippen LogP contribution in [0.25, 0.3) is 0 Å². The summed E-state index contributed by atoms with van der Waals surface area (Å²) in [5, 5.41) is 3.30. The Hall–Kier alpha value is -1.16. The highest BCUT2D eigenvalue weighted by atomic mass is 15.2. The van der Waals surface area contributed by atoms with E-state index in [0.717, 1.165) is 37.9 Å². The van der Waals surface area contributed by atoms with Crippen molar-refractivity contribution in [1.29, 1.82) is 0 Å². The molecule has 1 aromatic rings. The maximum Gasteiger partial charge on any atom is 0.150 e. The van der Waals surface area contributed by atoms with Crippen LogP contribution in [0.5, 0.6) is 0 Å². The first-order valence-electron chi connectivity index (χ1n) is 6.11. The van der Waals surface area contributed by atoms with E-state index in [1.807, 2.05) is 12.4 Å². The summed E-state index contributed by atoms with van der Waals surface area (Å²) in [4.78, 5) is 11.5. The molecule has 1 atom stereocenters. The normalized spacial score (nSPS) is 25.8. The summed E-state index contributed by atoms with van der Waals surface area (Å²) in [5.41, 5.74) is 1.19. The molecule has 2 saturated heterocycles. The Labute approximate surface area is 96.1 Å². The van der Waals surface area contributed by atoms with Crippen LogP contribution in [-0.4, -0.2) is 36.1 Å². The number of rotatable bonds is 2. The molecule has 4 nitrogen and oxygen atoms in total. The number of nitrogens with zero attached hydrogens (tertiary/aromatic N) is 3. The molecule has 0 amide bonds. The molecule has 1 N–H and O–H groups in total. The monoisotopic (exact) mass is 218 g/mol. The predicted octanol–water partition coefficient (Wildman–Crippen LogP) is 1.01. The van der Waals surface area contributed by atoms with Crippen LogP contribution in [0, 0.1) is 5.92 Å². The second-order valence-electron chi connectivity index (χ2n) is 4.96. The Morgan fingerprint density at radius 3 is 2.75 bits per heavy atom. The summed E-state index contributed by atoms with van der Waals surface area (Å²) in [6, 6.07) is 0. The molecule has 2 aliphatic rings. The second-order valence-corrected chi connectivity index (χ2v) is 4.96. The van der Waals surface area contributed by atoms with Crippen molar-refractivity contribution in [3.8, 4) is 0 Å². The Kier molecular flexibility index (Phi) is 2.52. The fourth-order valence-corrected chi connectivity index (χ4v) is 2.48. The second kappa shape index (κ2) is 4.01. The summed E-state index contributed by atoms with van der Waals surface area (Å²) < 4.78 is 0. The third-order valence-corrected chi connectivity index (χ3v) is 3.60. The van der Waals surface area contributed by atoms with Crippen LogP contribution >= 0.6 is 0 Å². The highest BCUT2D eigenvalue weighted by molar-refractivity contribution is 5.46. The summed E-state index contributed by atoms with van der Waals surface area (Å²) in [7, 11) is 0. The minimum absolute atomic E-state index is 0.569. The van der Waals surface area contributed by atoms with Gasteiger partial charge in [-0.1, -0.05) is 6.92 Å². The van der Waals surface area contributed by atoms with Gasteiger partial charge in [0.05, 0.1) is 5.69 Å². The highest BCUT2D eigenvalue weighted by Gasteiger charge is 2.28. The quantitative estimate of drug-likeness (QED) is 0.804. The number of anilines is 1. The molecule has 16 heavy (non-hydrogen) atoms. The van der Waals surface area contributed by atoms with Gasteiger partial charge in [0.15, 0.2) is 5.82 Å². The van der Waals surface area contributed by atoms with E-state index in [-0.39, 0.29) is 0 Å². The third-order valence-electron chi connectivity index (χ3n) is 3.60. The minimum Gasteiger partial charge on any atom is -0.355 e. The van der Waals surface area contributed by atoms with E-state index < -0.39 is 0 Å². The molecule has 2 fully saturated rings. The van der Waals surface area contributed by atoms with Gasteiger partial charge < -0.3 is 10.2 Å². The summed E-state index contributed by atoms with van der Waals surface area (Å²) in [6.45, 7) is 6.67. The first kappa shape index (κ1) is 10.0. The Morgan fingerprint density at radius 1 is 1.31 bits per heavy atom. The standard InChI is InChI=1S/C12H18N4/c1-9-2-5-16(8-9)12-11(10-6-13-7-10)14-3-4-15-12/h3-4,9-10,13H,2,5-8H2,1H3. The van der Waals surface area contributed by atoms with Crippen molar-refractivity contribution in [1.82, 2.24) is 15.3 Å². The number of aromatic nitrogens is 2. The van der Waals surface area contributed by atoms with Crippen molar-refractivity contribution in [3.63, 3.8) is 0 Å². The zero-order valence-electron chi connectivity index (χ0n) is 9.69. The molecule has 4 heteroatoms. The SMILES string of the molecule is CC1CCN(c2nccnc2C2CNC2)C1. The maximum absolute atomic E-state index is 4.53. The van der Waals surface area contributed by atoms with E-state index in [9.17, 15) is 0 Å². The average molecular weight is 218 g/mol. The highest BCUT2D eigenvalue weighted by Crippen LogP contribution is 2.29. The average Bonchev–Trinajstić information content (AvgIpc) is 2.63. The molecule has 0 bridgehead atoms. The molecule has 1 unspecified atom stereocenters. The van der Waals surface area contributed by atoms with Crippen LogP contribution in [0.3, 0.4) is 0 Å². The predicted molar refractivity (Wildman–Crippen MR) is 63.6 cm³/mol. The summed E-state index contributed by atoms with van der Waals surface area (Å²) >= 11 is 0. The van der Waals surface area contributed by atoms with E-state index in [0.29, 0.717) is 5.92 Å². The zero-order chi connectivity index (χ0) is 11.0. The number of hydrogen-bond donors (Lipinski definition) is 1. The van der Waals surface area contributed by atoms with Gasteiger partial charge in [0.1, 0.15) is 0 Å². The molecular weight excluding hydrogens is 200 g/mol. The summed E-state index contributed by atoms with van der Waals surface area (Å²) in [6.07, 6.45) is 4.91. The molecule has 3 heterocycles. The molecular formula is C12H18N4. The molecule has 0 saturated carbocycles. The lowest BCUT2D eigenvalue weighted by atomic mass is 9.98. The lowest BCUT2D eigenvalue weighted by molar-refractivity contribution is 0.438. The largest absolute Gasteiger partial charge is 0.355 e. The van der Waals surface area contributed by atoms with Gasteiger partial charge in [0, 0.05) is 44.5 Å². The first-order chi connectivity index (χ1) is 7.84. The van der Waals surface area contributed by atoms with Gasteiger partial charge in [-0.15, -0.1) is 0 Å². The van der Waals surface area contributed by atoms with Crippen molar-refractivity contribution >= 4 is 5.82 Å². The fraction of sp³-hybridized carbons (Fsp3) is 0.667. The fourth-order valence-electron chi connectivity index (χ4n) is 2.48. The molecule has 0 aliphatic carbocycles. The molecule has 0 spiro atoms. The minimum atomic E-state index is 0.569. The maximum atomic E-state index is 4.53. The van der Waals surface area contributed by atoms with Crippen LogP contribution in [0.4, 0.5) is 5.82 Å². The van der Waals surface area contributed by atoms with Gasteiger partial charge >= 0.3 is 0 Å². The number of hydrogen-bond acceptors (Lipinski definition) is 4. The van der Waals surface area contributed by atoms with Gasteiger partial charge in [0.25, 0.3) is 0 Å². The molecule has 3 rings (SSSR count). The van der Waals surface area contributed by atoms with E-state index in [1.165, 1.54) is 12.1 Å². The van der Waals surface area contributed by atoms with Crippen LogP contribution in [0.1, 0.15) is 25.0 Å². The summed E-state index contributed by atoms with van der Waals surface area (Å²) in [5.74, 6) is 2.48. The van der Waals surface area contributed by atoms with Crippen molar-refractivity contribution in [2.75, 3.05) is 31.1 Å². The third kappa shape index (κ3) is 1.67. The van der Waals surface area contributed by atoms with E-state index in [2.05, 4.69) is 27.1 Å². The van der Waals surface area contributed by atoms with Gasteiger partial charge in [-0.05, 0) is 12.3 Å². The molecule has 1 aromatic heterocycles. The van der Waals surface area contributed by atoms with Gasteiger partial charge in [-0.25, -0.2) is 4.98 Å². The lowest BCUT2D eigenvalue weighted by Gasteiger charge is -2.30. The van der Waals surface area contributed by atoms with Crippen LogP contribution in [0.15, 0.2) is 12.4 Å². The van der Waals surface area contributed by atoms with Gasteiger partial charge in [-0.2, -0.15) is 0 Å². The molecule has 86 valence electrons. The van der Waals surface area contributed by atoms with Crippen molar-refractivity contribution in [3.05, 3.63) is 18.1 Å². The molecule has 0 radical (unpaired) electrons. The van der Waals surface area contributed by atoms with Crippen molar-refractivity contribution in [2.24, 2.45) is 5.92 Å². The lowest BCUT2D eigenvalue weighted by Crippen LogP contribution is -2.41. The molecule has 0 aromatic carbocycles. The van der Waals surface area contributed by atoms with E-state index >= 15 is 0 Å². The van der Waals surface area contributed by atoms with Crippen LogP contribution in [0.2, 0.25) is 0 Å². The topological polar surface area (TPSA) is 41.1 Å². The van der Waals surface area contributed by atoms with Gasteiger partial charge in [0.2, 0.25) is 0 Å². The van der Waals surface area contributed by atoms with Crippen LogP contribution in [-0.2, 0) is 0 Å². The molecule has 2 aliphatic heterocycles. The van der Waals surface area contributed by atoms with E-state index in [4.69, 9.17) is 0 Å². The number of nitrogens with one attached hydrogen (secondary N) is 1. The van der Waals surface area contributed by atoms with Crippen LogP contribution < -0.4 is 10.2 Å².